The van der Waals surface area contributed by atoms with E-state index in [0.29, 0.717) is 0 Å². The first kappa shape index (κ1) is 11.9. The van der Waals surface area contributed by atoms with Gasteiger partial charge in [-0.2, -0.15) is 0 Å². The number of benzene rings is 1. The maximum absolute atomic E-state index is 9.83. The van der Waals surface area contributed by atoms with Gasteiger partial charge in [-0.1, -0.05) is 26.0 Å². The normalized spacial score (nSPS) is 15.6. The molecule has 14 heavy (non-hydrogen) atoms. The van der Waals surface area contributed by atoms with E-state index in [1.54, 1.807) is 0 Å². The summed E-state index contributed by atoms with van der Waals surface area (Å²) in [6.45, 7) is 3.78. The van der Waals surface area contributed by atoms with E-state index in [1.807, 2.05) is 38.1 Å². The van der Waals surface area contributed by atoms with Gasteiger partial charge in [0.15, 0.2) is 0 Å². The topological polar surface area (TPSA) is 40.5 Å². The summed E-state index contributed by atoms with van der Waals surface area (Å²) in [7, 11) is 0. The molecule has 0 saturated heterocycles. The summed E-state index contributed by atoms with van der Waals surface area (Å²) < 4.78 is 1.06. The number of hydrogen-bond acceptors (Lipinski definition) is 2. The van der Waals surface area contributed by atoms with Gasteiger partial charge in [0.1, 0.15) is 6.10 Å². The fraction of sp³-hybridized carbons (Fsp3) is 0.455. The highest BCUT2D eigenvalue weighted by Gasteiger charge is 2.21. The first-order valence-electron chi connectivity index (χ1n) is 4.64. The van der Waals surface area contributed by atoms with Gasteiger partial charge in [-0.3, -0.25) is 0 Å². The average Bonchev–Trinajstić information content (AvgIpc) is 2.15. The quantitative estimate of drug-likeness (QED) is 0.842. The van der Waals surface area contributed by atoms with Gasteiger partial charge in [-0.15, -0.1) is 0 Å². The van der Waals surface area contributed by atoms with Gasteiger partial charge in [0.25, 0.3) is 0 Å². The molecule has 0 fully saturated rings. The van der Waals surface area contributed by atoms with E-state index in [-0.39, 0.29) is 5.92 Å². The van der Waals surface area contributed by atoms with Crippen LogP contribution in [0, 0.1) is 9.49 Å². The van der Waals surface area contributed by atoms with Crippen molar-refractivity contribution >= 4 is 22.6 Å². The number of halogens is 1. The Morgan fingerprint density at radius 3 is 2.36 bits per heavy atom. The Hall–Kier alpha value is -0.130. The molecule has 1 aromatic carbocycles. The standard InChI is InChI=1S/C11H15IO2/c1-7(2)10(13)11(14)8-4-3-5-9(12)6-8/h3-7,10-11,13-14H,1-2H3. The Labute approximate surface area is 98.1 Å². The lowest BCUT2D eigenvalue weighted by Crippen LogP contribution is -2.23. The van der Waals surface area contributed by atoms with E-state index in [0.717, 1.165) is 9.13 Å². The molecule has 0 aliphatic rings. The molecule has 0 aliphatic carbocycles. The monoisotopic (exact) mass is 306 g/mol. The summed E-state index contributed by atoms with van der Waals surface area (Å²) in [6.07, 6.45) is -1.49. The molecule has 0 aliphatic heterocycles. The highest BCUT2D eigenvalue weighted by Crippen LogP contribution is 2.22. The molecule has 3 heteroatoms. The molecule has 0 spiro atoms. The van der Waals surface area contributed by atoms with Crippen molar-refractivity contribution < 1.29 is 10.2 Å². The number of hydrogen-bond donors (Lipinski definition) is 2. The smallest absolute Gasteiger partial charge is 0.105 e. The van der Waals surface area contributed by atoms with Crippen LogP contribution in [0.25, 0.3) is 0 Å². The lowest BCUT2D eigenvalue weighted by molar-refractivity contribution is -0.00942. The molecular formula is C11H15IO2. The van der Waals surface area contributed by atoms with Gasteiger partial charge in [0.2, 0.25) is 0 Å². The SMILES string of the molecule is CC(C)C(O)C(O)c1cccc(I)c1. The van der Waals surface area contributed by atoms with Crippen LogP contribution >= 0.6 is 22.6 Å². The zero-order chi connectivity index (χ0) is 10.7. The predicted molar refractivity (Wildman–Crippen MR) is 65.0 cm³/mol. The van der Waals surface area contributed by atoms with Crippen molar-refractivity contribution in [1.82, 2.24) is 0 Å². The molecule has 0 aromatic heterocycles. The molecular weight excluding hydrogens is 291 g/mol. The van der Waals surface area contributed by atoms with E-state index in [9.17, 15) is 10.2 Å². The van der Waals surface area contributed by atoms with Crippen molar-refractivity contribution in [3.05, 3.63) is 33.4 Å². The minimum atomic E-state index is -0.787. The lowest BCUT2D eigenvalue weighted by Gasteiger charge is -2.21. The maximum atomic E-state index is 9.83. The molecule has 2 nitrogen and oxygen atoms in total. The number of rotatable bonds is 3. The largest absolute Gasteiger partial charge is 0.390 e. The van der Waals surface area contributed by atoms with Gasteiger partial charge in [-0.25, -0.2) is 0 Å². The van der Waals surface area contributed by atoms with Crippen LogP contribution in [0.5, 0.6) is 0 Å². The van der Waals surface area contributed by atoms with Crippen LogP contribution in [-0.4, -0.2) is 16.3 Å². The molecule has 78 valence electrons. The minimum Gasteiger partial charge on any atom is -0.390 e. The van der Waals surface area contributed by atoms with Gasteiger partial charge in [0.05, 0.1) is 6.10 Å². The molecule has 1 rings (SSSR count). The van der Waals surface area contributed by atoms with Gasteiger partial charge >= 0.3 is 0 Å². The maximum Gasteiger partial charge on any atom is 0.105 e. The summed E-state index contributed by atoms with van der Waals surface area (Å²) in [6, 6.07) is 7.56. The van der Waals surface area contributed by atoms with Gasteiger partial charge in [0, 0.05) is 3.57 Å². The van der Waals surface area contributed by atoms with Gasteiger partial charge < -0.3 is 10.2 Å². The number of aliphatic hydroxyl groups is 2. The molecule has 0 saturated carbocycles. The minimum absolute atomic E-state index is 0.0582. The van der Waals surface area contributed by atoms with Crippen molar-refractivity contribution in [3.63, 3.8) is 0 Å². The van der Waals surface area contributed by atoms with Crippen LogP contribution in [0.2, 0.25) is 0 Å². The van der Waals surface area contributed by atoms with E-state index >= 15 is 0 Å². The highest BCUT2D eigenvalue weighted by atomic mass is 127. The zero-order valence-electron chi connectivity index (χ0n) is 8.31. The molecule has 2 N–H and O–H groups in total. The Kier molecular flexibility index (Phi) is 4.34. The van der Waals surface area contributed by atoms with Crippen LogP contribution in [0.15, 0.2) is 24.3 Å². The molecule has 0 radical (unpaired) electrons. The third-order valence-corrected chi connectivity index (χ3v) is 2.87. The Morgan fingerprint density at radius 2 is 1.86 bits per heavy atom. The van der Waals surface area contributed by atoms with Crippen LogP contribution in [0.3, 0.4) is 0 Å². The zero-order valence-corrected chi connectivity index (χ0v) is 10.5. The summed E-state index contributed by atoms with van der Waals surface area (Å²) in [5.74, 6) is 0.0582. The Morgan fingerprint density at radius 1 is 1.21 bits per heavy atom. The summed E-state index contributed by atoms with van der Waals surface area (Å²) in [5.41, 5.74) is 0.776. The number of aliphatic hydroxyl groups excluding tert-OH is 2. The molecule has 2 unspecified atom stereocenters. The molecule has 0 amide bonds. The van der Waals surface area contributed by atoms with Crippen LogP contribution < -0.4 is 0 Å². The molecule has 2 atom stereocenters. The Balaban J connectivity index is 2.83. The first-order valence-corrected chi connectivity index (χ1v) is 5.72. The van der Waals surface area contributed by atoms with Crippen LogP contribution in [0.1, 0.15) is 25.5 Å². The lowest BCUT2D eigenvalue weighted by atomic mass is 9.96. The van der Waals surface area contributed by atoms with Crippen molar-refractivity contribution in [2.24, 2.45) is 5.92 Å². The second-order valence-corrected chi connectivity index (χ2v) is 4.98. The van der Waals surface area contributed by atoms with Crippen LogP contribution in [-0.2, 0) is 0 Å². The van der Waals surface area contributed by atoms with Crippen molar-refractivity contribution in [2.45, 2.75) is 26.1 Å². The molecule has 1 aromatic rings. The van der Waals surface area contributed by atoms with Crippen molar-refractivity contribution in [2.75, 3.05) is 0 Å². The third-order valence-electron chi connectivity index (χ3n) is 2.20. The average molecular weight is 306 g/mol. The third kappa shape index (κ3) is 2.93. The summed E-state index contributed by atoms with van der Waals surface area (Å²) in [5, 5.41) is 19.5. The second kappa shape index (κ2) is 5.09. The predicted octanol–water partition coefficient (Wildman–Crippen LogP) is 2.34. The van der Waals surface area contributed by atoms with E-state index in [1.165, 1.54) is 0 Å². The highest BCUT2D eigenvalue weighted by molar-refractivity contribution is 14.1. The van der Waals surface area contributed by atoms with Crippen molar-refractivity contribution in [1.29, 1.82) is 0 Å². The second-order valence-electron chi connectivity index (χ2n) is 3.73. The van der Waals surface area contributed by atoms with Crippen LogP contribution in [0.4, 0.5) is 0 Å². The first-order chi connectivity index (χ1) is 6.52. The molecule has 0 bridgehead atoms. The van der Waals surface area contributed by atoms with Crippen molar-refractivity contribution in [3.8, 4) is 0 Å². The van der Waals surface area contributed by atoms with E-state index in [4.69, 9.17) is 0 Å². The fourth-order valence-electron chi connectivity index (χ4n) is 1.25. The Bertz CT molecular complexity index is 299. The summed E-state index contributed by atoms with van der Waals surface area (Å²) >= 11 is 2.19. The fourth-order valence-corrected chi connectivity index (χ4v) is 1.82. The van der Waals surface area contributed by atoms with E-state index < -0.39 is 12.2 Å². The van der Waals surface area contributed by atoms with Gasteiger partial charge in [-0.05, 0) is 46.2 Å². The van der Waals surface area contributed by atoms with E-state index in [2.05, 4.69) is 22.6 Å². The summed E-state index contributed by atoms with van der Waals surface area (Å²) in [4.78, 5) is 0. The molecule has 0 heterocycles.